The summed E-state index contributed by atoms with van der Waals surface area (Å²) in [4.78, 5) is 10.9. The van der Waals surface area contributed by atoms with Gasteiger partial charge in [0.25, 0.3) is 0 Å². The van der Waals surface area contributed by atoms with Gasteiger partial charge in [0.15, 0.2) is 0 Å². The Morgan fingerprint density at radius 1 is 1.57 bits per heavy atom. The van der Waals surface area contributed by atoms with E-state index in [-0.39, 0.29) is 0 Å². The van der Waals surface area contributed by atoms with Crippen molar-refractivity contribution in [1.29, 1.82) is 0 Å². The summed E-state index contributed by atoms with van der Waals surface area (Å²) in [6, 6.07) is 5.20. The molecule has 1 aromatic rings. The quantitative estimate of drug-likeness (QED) is 0.763. The van der Waals surface area contributed by atoms with Gasteiger partial charge in [-0.05, 0) is 24.1 Å². The second-order valence-corrected chi connectivity index (χ2v) is 2.98. The molecule has 0 heterocycles. The second-order valence-electron chi connectivity index (χ2n) is 2.98. The van der Waals surface area contributed by atoms with Crippen LogP contribution in [0, 0.1) is 6.92 Å². The lowest BCUT2D eigenvalue weighted by molar-refractivity contribution is 0.0696. The highest BCUT2D eigenvalue weighted by molar-refractivity contribution is 5.92. The van der Waals surface area contributed by atoms with Crippen LogP contribution in [0.3, 0.4) is 0 Å². The molecule has 14 heavy (non-hydrogen) atoms. The topological polar surface area (TPSA) is 63.3 Å². The van der Waals surface area contributed by atoms with Gasteiger partial charge in [0.2, 0.25) is 0 Å². The van der Waals surface area contributed by atoms with Crippen LogP contribution in [-0.4, -0.2) is 17.6 Å². The van der Waals surface area contributed by atoms with E-state index in [9.17, 15) is 4.79 Å². The van der Waals surface area contributed by atoms with Crippen LogP contribution >= 0.6 is 0 Å². The maximum Gasteiger partial charge on any atom is 0.336 e. The summed E-state index contributed by atoms with van der Waals surface area (Å²) in [5.74, 6) is -0.912. The number of carboxylic acids is 1. The van der Waals surface area contributed by atoms with Gasteiger partial charge in [0.05, 0.1) is 5.56 Å². The van der Waals surface area contributed by atoms with Gasteiger partial charge in [-0.1, -0.05) is 24.3 Å². The smallest absolute Gasteiger partial charge is 0.336 e. The van der Waals surface area contributed by atoms with Gasteiger partial charge in [-0.25, -0.2) is 4.79 Å². The van der Waals surface area contributed by atoms with Crippen LogP contribution in [0.1, 0.15) is 21.5 Å². The molecule has 0 atom stereocenters. The summed E-state index contributed by atoms with van der Waals surface area (Å²) >= 11 is 0. The maximum absolute atomic E-state index is 10.9. The number of hydrogen-bond acceptors (Lipinski definition) is 2. The largest absolute Gasteiger partial charge is 0.478 e. The van der Waals surface area contributed by atoms with Crippen LogP contribution in [-0.2, 0) is 0 Å². The standard InChI is InChI=1S/C11H13NO2/c1-8-4-2-5-10(11(13)14)9(8)6-3-7-12/h2-6H,7,12H2,1H3,(H,13,14). The molecule has 0 spiro atoms. The molecule has 0 aliphatic heterocycles. The highest BCUT2D eigenvalue weighted by Crippen LogP contribution is 2.15. The van der Waals surface area contributed by atoms with E-state index in [1.54, 1.807) is 24.3 Å². The molecular formula is C11H13NO2. The van der Waals surface area contributed by atoms with Crippen molar-refractivity contribution >= 4 is 12.0 Å². The van der Waals surface area contributed by atoms with E-state index in [1.165, 1.54) is 0 Å². The third-order valence-electron chi connectivity index (χ3n) is 1.98. The Morgan fingerprint density at radius 2 is 2.29 bits per heavy atom. The van der Waals surface area contributed by atoms with Crippen LogP contribution in [0.2, 0.25) is 0 Å². The summed E-state index contributed by atoms with van der Waals surface area (Å²) in [6.07, 6.45) is 3.49. The first kappa shape index (κ1) is 10.5. The fourth-order valence-electron chi connectivity index (χ4n) is 1.27. The lowest BCUT2D eigenvalue weighted by Crippen LogP contribution is -2.01. The van der Waals surface area contributed by atoms with E-state index in [0.717, 1.165) is 11.1 Å². The minimum Gasteiger partial charge on any atom is -0.478 e. The molecule has 0 aliphatic carbocycles. The van der Waals surface area contributed by atoms with Crippen LogP contribution in [0.15, 0.2) is 24.3 Å². The highest BCUT2D eigenvalue weighted by Gasteiger charge is 2.08. The Kier molecular flexibility index (Phi) is 3.42. The normalized spacial score (nSPS) is 10.7. The van der Waals surface area contributed by atoms with E-state index in [0.29, 0.717) is 12.1 Å². The fourth-order valence-corrected chi connectivity index (χ4v) is 1.27. The molecule has 3 heteroatoms. The molecule has 0 unspecified atom stereocenters. The van der Waals surface area contributed by atoms with Crippen molar-refractivity contribution in [2.24, 2.45) is 5.73 Å². The van der Waals surface area contributed by atoms with E-state index in [4.69, 9.17) is 10.8 Å². The average Bonchev–Trinajstić information content (AvgIpc) is 2.15. The lowest BCUT2D eigenvalue weighted by atomic mass is 10.0. The molecule has 1 aromatic carbocycles. The number of carboxylic acid groups (broad SMARTS) is 1. The van der Waals surface area contributed by atoms with Crippen LogP contribution < -0.4 is 5.73 Å². The zero-order chi connectivity index (χ0) is 10.6. The van der Waals surface area contributed by atoms with Crippen molar-refractivity contribution in [3.63, 3.8) is 0 Å². The third kappa shape index (κ3) is 2.20. The van der Waals surface area contributed by atoms with Crippen molar-refractivity contribution in [3.8, 4) is 0 Å². The van der Waals surface area contributed by atoms with Gasteiger partial charge >= 0.3 is 5.97 Å². The van der Waals surface area contributed by atoms with E-state index in [1.807, 2.05) is 13.0 Å². The molecule has 3 nitrogen and oxygen atoms in total. The number of benzene rings is 1. The molecule has 0 saturated carbocycles. The Labute approximate surface area is 82.9 Å². The Hall–Kier alpha value is -1.61. The van der Waals surface area contributed by atoms with Gasteiger partial charge in [-0.3, -0.25) is 0 Å². The van der Waals surface area contributed by atoms with Gasteiger partial charge < -0.3 is 10.8 Å². The number of aromatic carboxylic acids is 1. The van der Waals surface area contributed by atoms with Crippen LogP contribution in [0.5, 0.6) is 0 Å². The molecular weight excluding hydrogens is 178 g/mol. The van der Waals surface area contributed by atoms with Crippen molar-refractivity contribution in [1.82, 2.24) is 0 Å². The van der Waals surface area contributed by atoms with Gasteiger partial charge in [-0.15, -0.1) is 0 Å². The number of carbonyl (C=O) groups is 1. The minimum absolute atomic E-state index is 0.315. The summed E-state index contributed by atoms with van der Waals surface area (Å²) in [6.45, 7) is 2.29. The molecule has 0 radical (unpaired) electrons. The molecule has 0 fully saturated rings. The third-order valence-corrected chi connectivity index (χ3v) is 1.98. The first-order valence-corrected chi connectivity index (χ1v) is 4.36. The summed E-state index contributed by atoms with van der Waals surface area (Å²) in [7, 11) is 0. The van der Waals surface area contributed by atoms with Crippen molar-refractivity contribution < 1.29 is 9.90 Å². The van der Waals surface area contributed by atoms with Crippen molar-refractivity contribution in [2.75, 3.05) is 6.54 Å². The Balaban J connectivity index is 3.22. The van der Waals surface area contributed by atoms with E-state index in [2.05, 4.69) is 0 Å². The first-order valence-electron chi connectivity index (χ1n) is 4.36. The number of nitrogens with two attached hydrogens (primary N) is 1. The number of hydrogen-bond donors (Lipinski definition) is 2. The van der Waals surface area contributed by atoms with Crippen LogP contribution in [0.25, 0.3) is 6.08 Å². The predicted molar refractivity (Wildman–Crippen MR) is 56.2 cm³/mol. The first-order chi connectivity index (χ1) is 6.66. The van der Waals surface area contributed by atoms with Gasteiger partial charge in [0.1, 0.15) is 0 Å². The molecule has 0 saturated heterocycles. The summed E-state index contributed by atoms with van der Waals surface area (Å²) in [5.41, 5.74) is 7.30. The SMILES string of the molecule is Cc1cccc(C(=O)O)c1C=CCN. The molecule has 74 valence electrons. The monoisotopic (exact) mass is 191 g/mol. The number of aryl methyl sites for hydroxylation is 1. The summed E-state index contributed by atoms with van der Waals surface area (Å²) < 4.78 is 0. The summed E-state index contributed by atoms with van der Waals surface area (Å²) in [5, 5.41) is 8.92. The molecule has 3 N–H and O–H groups in total. The zero-order valence-electron chi connectivity index (χ0n) is 8.03. The Bertz CT molecular complexity index is 370. The van der Waals surface area contributed by atoms with Gasteiger partial charge in [0, 0.05) is 6.54 Å². The second kappa shape index (κ2) is 4.58. The van der Waals surface area contributed by atoms with Crippen LogP contribution in [0.4, 0.5) is 0 Å². The zero-order valence-corrected chi connectivity index (χ0v) is 8.03. The lowest BCUT2D eigenvalue weighted by Gasteiger charge is -2.04. The highest BCUT2D eigenvalue weighted by atomic mass is 16.4. The predicted octanol–water partition coefficient (Wildman–Crippen LogP) is 1.67. The van der Waals surface area contributed by atoms with E-state index < -0.39 is 5.97 Å². The minimum atomic E-state index is -0.912. The number of rotatable bonds is 3. The molecule has 1 rings (SSSR count). The van der Waals surface area contributed by atoms with Crippen molar-refractivity contribution in [2.45, 2.75) is 6.92 Å². The van der Waals surface area contributed by atoms with Crippen molar-refractivity contribution in [3.05, 3.63) is 41.0 Å². The molecule has 0 aliphatic rings. The molecule has 0 aromatic heterocycles. The fraction of sp³-hybridized carbons (Fsp3) is 0.182. The Morgan fingerprint density at radius 3 is 2.86 bits per heavy atom. The maximum atomic E-state index is 10.9. The van der Waals surface area contributed by atoms with Gasteiger partial charge in [-0.2, -0.15) is 0 Å². The van der Waals surface area contributed by atoms with E-state index >= 15 is 0 Å². The average molecular weight is 191 g/mol. The molecule has 0 amide bonds. The molecule has 0 bridgehead atoms.